The minimum atomic E-state index is -0.215. The lowest BCUT2D eigenvalue weighted by molar-refractivity contribution is -0.479. The van der Waals surface area contributed by atoms with Crippen molar-refractivity contribution >= 4 is 11.9 Å². The molecule has 4 nitrogen and oxygen atoms in total. The highest BCUT2D eigenvalue weighted by atomic mass is 16.5. The molecule has 4 heteroatoms. The molecule has 0 aromatic carbocycles. The second kappa shape index (κ2) is 2.61. The van der Waals surface area contributed by atoms with E-state index in [-0.39, 0.29) is 23.8 Å². The first kappa shape index (κ1) is 9.82. The molecule has 0 aliphatic heterocycles. The third-order valence-electron chi connectivity index (χ3n) is 7.05. The fourth-order valence-corrected chi connectivity index (χ4v) is 6.87. The topological polar surface area (TPSA) is 52.6 Å². The first-order valence-electron chi connectivity index (χ1n) is 6.88. The Labute approximate surface area is 105 Å². The summed E-state index contributed by atoms with van der Waals surface area (Å²) in [6, 6.07) is 0. The smallest absolute Gasteiger partial charge is 0.309 e. The van der Waals surface area contributed by atoms with Crippen LogP contribution in [-0.4, -0.2) is 26.2 Å². The Morgan fingerprint density at radius 2 is 0.889 bits per heavy atom. The predicted molar refractivity (Wildman–Crippen MR) is 58.9 cm³/mol. The molecule has 2 bridgehead atoms. The van der Waals surface area contributed by atoms with Gasteiger partial charge in [0, 0.05) is 0 Å². The molecule has 0 aromatic heterocycles. The molecule has 4 unspecified atom stereocenters. The van der Waals surface area contributed by atoms with Crippen molar-refractivity contribution in [3.63, 3.8) is 0 Å². The maximum atomic E-state index is 12.1. The van der Waals surface area contributed by atoms with Gasteiger partial charge in [0.2, 0.25) is 0 Å². The highest BCUT2D eigenvalue weighted by molar-refractivity contribution is 5.84. The average Bonchev–Trinajstić information content (AvgIpc) is 2.36. The van der Waals surface area contributed by atoms with Crippen LogP contribution in [0.3, 0.4) is 0 Å². The van der Waals surface area contributed by atoms with Crippen LogP contribution in [0.25, 0.3) is 0 Å². The highest BCUT2D eigenvalue weighted by Gasteiger charge is 2.92. The molecule has 0 spiro atoms. The SMILES string of the molecule is COC(=O)[C@@H]1C2[C@H]3C4C5[C@H]3C([C@H]5[C@@H]42)[C@@H]1C(=O)OC. The number of hydrogen-bond donors (Lipinski definition) is 0. The Kier molecular flexibility index (Phi) is 1.42. The van der Waals surface area contributed by atoms with Crippen LogP contribution in [0, 0.1) is 59.2 Å². The van der Waals surface area contributed by atoms with Gasteiger partial charge in [-0.25, -0.2) is 0 Å². The second-order valence-corrected chi connectivity index (χ2v) is 6.72. The summed E-state index contributed by atoms with van der Waals surface area (Å²) in [4.78, 5) is 24.1. The number of hydrogen-bond acceptors (Lipinski definition) is 4. The molecule has 0 saturated heterocycles. The molecule has 0 radical (unpaired) electrons. The maximum Gasteiger partial charge on any atom is 0.309 e. The van der Waals surface area contributed by atoms with Gasteiger partial charge in [-0.1, -0.05) is 0 Å². The van der Waals surface area contributed by atoms with Gasteiger partial charge in [-0.05, 0) is 47.3 Å². The van der Waals surface area contributed by atoms with Crippen molar-refractivity contribution in [1.29, 1.82) is 0 Å². The van der Waals surface area contributed by atoms with Crippen molar-refractivity contribution in [3.05, 3.63) is 0 Å². The predicted octanol–water partition coefficient (Wildman–Crippen LogP) is 0.562. The fourth-order valence-electron chi connectivity index (χ4n) is 6.87. The Balaban J connectivity index is 1.56. The standard InChI is InChI=1S/C14H16O4/c1-17-13(15)11-9-5-3-4-7(5)10(8(4)6(3)9)12(11)14(16)18-2/h3-12H,1-2H3/t3?,4?,5-,6-,7-,8+,9?,10?,11+,12-/m1/s1. The van der Waals surface area contributed by atoms with Crippen LogP contribution in [0.1, 0.15) is 0 Å². The van der Waals surface area contributed by atoms with E-state index in [0.717, 1.165) is 35.5 Å². The molecule has 0 N–H and O–H groups in total. The van der Waals surface area contributed by atoms with E-state index in [9.17, 15) is 9.59 Å². The van der Waals surface area contributed by atoms with Gasteiger partial charge in [0.1, 0.15) is 0 Å². The van der Waals surface area contributed by atoms with E-state index >= 15 is 0 Å². The van der Waals surface area contributed by atoms with Gasteiger partial charge in [-0.15, -0.1) is 0 Å². The summed E-state index contributed by atoms with van der Waals surface area (Å²) in [5.74, 6) is 4.81. The third-order valence-corrected chi connectivity index (χ3v) is 7.05. The molecule has 6 aliphatic carbocycles. The molecule has 0 aromatic rings. The van der Waals surface area contributed by atoms with E-state index in [0.29, 0.717) is 11.8 Å². The number of rotatable bonds is 2. The van der Waals surface area contributed by atoms with Crippen molar-refractivity contribution in [1.82, 2.24) is 0 Å². The maximum absolute atomic E-state index is 12.1. The van der Waals surface area contributed by atoms with Crippen molar-refractivity contribution in [2.45, 2.75) is 0 Å². The van der Waals surface area contributed by atoms with Gasteiger partial charge < -0.3 is 9.47 Å². The Bertz CT molecular complexity index is 422. The summed E-state index contributed by atoms with van der Waals surface area (Å²) in [5, 5.41) is 0. The number of methoxy groups -OCH3 is 2. The van der Waals surface area contributed by atoms with Crippen molar-refractivity contribution in [2.75, 3.05) is 14.2 Å². The van der Waals surface area contributed by atoms with Crippen molar-refractivity contribution in [2.24, 2.45) is 59.2 Å². The summed E-state index contributed by atoms with van der Waals surface area (Å²) in [6.07, 6.45) is 0. The van der Waals surface area contributed by atoms with Crippen LogP contribution >= 0.6 is 0 Å². The Morgan fingerprint density at radius 1 is 0.611 bits per heavy atom. The number of fused-ring (bicyclic) bond motifs is 1. The zero-order chi connectivity index (χ0) is 12.3. The molecule has 6 rings (SSSR count). The minimum Gasteiger partial charge on any atom is -0.469 e. The largest absolute Gasteiger partial charge is 0.469 e. The zero-order valence-corrected chi connectivity index (χ0v) is 10.4. The molecule has 10 atom stereocenters. The third kappa shape index (κ3) is 0.648. The van der Waals surface area contributed by atoms with Crippen LogP contribution in [0.5, 0.6) is 0 Å². The van der Waals surface area contributed by atoms with Gasteiger partial charge in [-0.2, -0.15) is 0 Å². The van der Waals surface area contributed by atoms with E-state index in [1.54, 1.807) is 0 Å². The van der Waals surface area contributed by atoms with Crippen LogP contribution in [0.4, 0.5) is 0 Å². The Morgan fingerprint density at radius 3 is 1.17 bits per heavy atom. The quantitative estimate of drug-likeness (QED) is 0.670. The van der Waals surface area contributed by atoms with Crippen molar-refractivity contribution in [3.8, 4) is 0 Å². The second-order valence-electron chi connectivity index (χ2n) is 6.72. The van der Waals surface area contributed by atoms with Gasteiger partial charge >= 0.3 is 11.9 Å². The summed E-state index contributed by atoms with van der Waals surface area (Å²) in [7, 11) is 2.86. The van der Waals surface area contributed by atoms with Gasteiger partial charge in [0.15, 0.2) is 0 Å². The fraction of sp³-hybridized carbons (Fsp3) is 0.857. The Hall–Kier alpha value is -1.06. The number of carbonyl (C=O) groups is 2. The van der Waals surface area contributed by atoms with E-state index in [1.807, 2.05) is 0 Å². The van der Waals surface area contributed by atoms with Crippen molar-refractivity contribution < 1.29 is 19.1 Å². The van der Waals surface area contributed by atoms with E-state index in [4.69, 9.17) is 9.47 Å². The summed E-state index contributed by atoms with van der Waals surface area (Å²) < 4.78 is 9.90. The molecule has 18 heavy (non-hydrogen) atoms. The number of esters is 2. The highest BCUT2D eigenvalue weighted by Crippen LogP contribution is 2.93. The summed E-state index contributed by atoms with van der Waals surface area (Å²) in [6.45, 7) is 0. The first-order valence-corrected chi connectivity index (χ1v) is 6.88. The zero-order valence-electron chi connectivity index (χ0n) is 10.4. The van der Waals surface area contributed by atoms with Gasteiger partial charge in [-0.3, -0.25) is 9.59 Å². The molecule has 0 heterocycles. The lowest BCUT2D eigenvalue weighted by atomic mass is 9.09. The first-order chi connectivity index (χ1) is 8.72. The molecule has 6 saturated carbocycles. The summed E-state index contributed by atoms with van der Waals surface area (Å²) in [5.41, 5.74) is 0. The lowest BCUT2D eigenvalue weighted by Crippen LogP contribution is -2.93. The molecule has 6 fully saturated rings. The van der Waals surface area contributed by atoms with E-state index in [1.165, 1.54) is 14.2 Å². The monoisotopic (exact) mass is 248 g/mol. The molecule has 96 valence electrons. The molecular weight excluding hydrogens is 232 g/mol. The van der Waals surface area contributed by atoms with Crippen LogP contribution in [0.15, 0.2) is 0 Å². The van der Waals surface area contributed by atoms with E-state index in [2.05, 4.69) is 0 Å². The summed E-state index contributed by atoms with van der Waals surface area (Å²) >= 11 is 0. The number of carbonyl (C=O) groups excluding carboxylic acids is 2. The molecule has 6 aliphatic rings. The van der Waals surface area contributed by atoms with Crippen LogP contribution < -0.4 is 0 Å². The van der Waals surface area contributed by atoms with E-state index < -0.39 is 0 Å². The minimum absolute atomic E-state index is 0.189. The molecular formula is C14H16O4. The molecule has 0 amide bonds. The normalized spacial score (nSPS) is 63.4. The van der Waals surface area contributed by atoms with Crippen LogP contribution in [-0.2, 0) is 19.1 Å². The van der Waals surface area contributed by atoms with Gasteiger partial charge in [0.05, 0.1) is 26.1 Å². The average molecular weight is 248 g/mol. The number of ether oxygens (including phenoxy) is 2. The van der Waals surface area contributed by atoms with Gasteiger partial charge in [0.25, 0.3) is 0 Å². The lowest BCUT2D eigenvalue weighted by Gasteiger charge is -2.94. The van der Waals surface area contributed by atoms with Crippen LogP contribution in [0.2, 0.25) is 0 Å².